The van der Waals surface area contributed by atoms with E-state index >= 15 is 0 Å². The number of aryl methyl sites for hydroxylation is 1. The summed E-state index contributed by atoms with van der Waals surface area (Å²) in [6.07, 6.45) is 3.13. The monoisotopic (exact) mass is 344 g/mol. The molecule has 0 aliphatic heterocycles. The lowest BCUT2D eigenvalue weighted by Crippen LogP contribution is -1.94. The fraction of sp³-hybridized carbons (Fsp3) is 0.0500. The summed E-state index contributed by atoms with van der Waals surface area (Å²) >= 11 is 0. The molecule has 0 aliphatic carbocycles. The lowest BCUT2D eigenvalue weighted by Gasteiger charge is -2.09. The van der Waals surface area contributed by atoms with E-state index < -0.39 is 0 Å². The predicted molar refractivity (Wildman–Crippen MR) is 100.0 cm³/mol. The van der Waals surface area contributed by atoms with Gasteiger partial charge < -0.3 is 15.2 Å². The summed E-state index contributed by atoms with van der Waals surface area (Å²) < 4.78 is 5.65. The van der Waals surface area contributed by atoms with Crippen molar-refractivity contribution in [2.75, 3.05) is 5.32 Å². The van der Waals surface area contributed by atoms with Crippen molar-refractivity contribution in [3.8, 4) is 17.6 Å². The van der Waals surface area contributed by atoms with E-state index in [-0.39, 0.29) is 11.9 Å². The molecule has 0 saturated carbocycles. The van der Waals surface area contributed by atoms with Crippen LogP contribution in [0.4, 0.5) is 11.4 Å². The quantitative estimate of drug-likeness (QED) is 0.564. The number of aromatic nitrogens is 3. The van der Waals surface area contributed by atoms with Crippen LogP contribution >= 0.6 is 0 Å². The molecule has 2 aromatic carbocycles. The number of aromatic hydroxyl groups is 1. The maximum Gasteiger partial charge on any atom is 0.325 e. The first kappa shape index (κ1) is 15.8. The van der Waals surface area contributed by atoms with E-state index in [1.165, 1.54) is 5.56 Å². The molecule has 0 radical (unpaired) electrons. The Kier molecular flexibility index (Phi) is 4.07. The van der Waals surface area contributed by atoms with Gasteiger partial charge in [0.1, 0.15) is 5.75 Å². The Hall–Kier alpha value is -3.67. The van der Waals surface area contributed by atoms with Gasteiger partial charge in [0.2, 0.25) is 5.88 Å². The van der Waals surface area contributed by atoms with Crippen LogP contribution in [0.15, 0.2) is 67.0 Å². The largest absolute Gasteiger partial charge is 0.493 e. The zero-order valence-electron chi connectivity index (χ0n) is 14.0. The van der Waals surface area contributed by atoms with E-state index in [9.17, 15) is 5.11 Å². The number of fused-ring (bicyclic) bond motifs is 1. The van der Waals surface area contributed by atoms with Gasteiger partial charge in [0.25, 0.3) is 0 Å². The number of rotatable bonds is 4. The Balaban J connectivity index is 1.52. The lowest BCUT2D eigenvalue weighted by molar-refractivity contribution is 0.412. The fourth-order valence-electron chi connectivity index (χ4n) is 2.59. The van der Waals surface area contributed by atoms with Crippen molar-refractivity contribution in [3.05, 3.63) is 72.6 Å². The number of hydrogen-bond donors (Lipinski definition) is 2. The van der Waals surface area contributed by atoms with Gasteiger partial charge in [-0.1, -0.05) is 12.1 Å². The standard InChI is InChI=1S/C20H16N4O2/c1-13-3-2-4-15(11-13)22-14-5-7-16(8-6-14)26-20-23-18-12-21-10-9-17(18)19(25)24-20/h2-12,22H,1H3,(H,23,24,25). The summed E-state index contributed by atoms with van der Waals surface area (Å²) in [5.74, 6) is 0.438. The van der Waals surface area contributed by atoms with E-state index in [1.54, 1.807) is 18.5 Å². The van der Waals surface area contributed by atoms with E-state index in [4.69, 9.17) is 4.74 Å². The number of nitrogens with one attached hydrogen (secondary N) is 1. The Bertz CT molecular complexity index is 1060. The van der Waals surface area contributed by atoms with Gasteiger partial charge >= 0.3 is 6.01 Å². The molecule has 2 aromatic heterocycles. The summed E-state index contributed by atoms with van der Waals surface area (Å²) in [4.78, 5) is 12.2. The second kappa shape index (κ2) is 6.68. The first-order valence-corrected chi connectivity index (χ1v) is 8.10. The zero-order chi connectivity index (χ0) is 17.9. The van der Waals surface area contributed by atoms with Crippen molar-refractivity contribution in [2.24, 2.45) is 0 Å². The van der Waals surface area contributed by atoms with Crippen LogP contribution in [-0.2, 0) is 0 Å². The van der Waals surface area contributed by atoms with Crippen LogP contribution in [-0.4, -0.2) is 20.1 Å². The molecule has 4 rings (SSSR count). The maximum absolute atomic E-state index is 9.99. The first-order chi connectivity index (χ1) is 12.7. The molecule has 0 spiro atoms. The van der Waals surface area contributed by atoms with E-state index in [2.05, 4.69) is 39.3 Å². The molecule has 0 bridgehead atoms. The summed E-state index contributed by atoms with van der Waals surface area (Å²) in [7, 11) is 0. The summed E-state index contributed by atoms with van der Waals surface area (Å²) in [6.45, 7) is 2.05. The number of benzene rings is 2. The molecule has 2 heterocycles. The van der Waals surface area contributed by atoms with Gasteiger partial charge in [0.05, 0.1) is 17.1 Å². The van der Waals surface area contributed by atoms with Crippen LogP contribution in [0.5, 0.6) is 17.6 Å². The molecule has 0 aliphatic rings. The Morgan fingerprint density at radius 2 is 1.81 bits per heavy atom. The number of hydrogen-bond acceptors (Lipinski definition) is 6. The van der Waals surface area contributed by atoms with Crippen LogP contribution in [0, 0.1) is 6.92 Å². The topological polar surface area (TPSA) is 80.2 Å². The molecule has 4 aromatic rings. The van der Waals surface area contributed by atoms with Crippen molar-refractivity contribution in [2.45, 2.75) is 6.92 Å². The molecule has 6 nitrogen and oxygen atoms in total. The fourth-order valence-corrected chi connectivity index (χ4v) is 2.59. The normalized spacial score (nSPS) is 10.7. The predicted octanol–water partition coefficient (Wildman–Crippen LogP) is 4.57. The third-order valence-corrected chi connectivity index (χ3v) is 3.83. The third-order valence-electron chi connectivity index (χ3n) is 3.83. The average molecular weight is 344 g/mol. The summed E-state index contributed by atoms with van der Waals surface area (Å²) in [5.41, 5.74) is 3.67. The van der Waals surface area contributed by atoms with Gasteiger partial charge in [-0.2, -0.15) is 9.97 Å². The zero-order valence-corrected chi connectivity index (χ0v) is 14.0. The molecule has 0 atom stereocenters. The number of anilines is 2. The Morgan fingerprint density at radius 1 is 0.962 bits per heavy atom. The smallest absolute Gasteiger partial charge is 0.325 e. The van der Waals surface area contributed by atoms with Crippen LogP contribution in [0.25, 0.3) is 10.9 Å². The van der Waals surface area contributed by atoms with Crippen molar-refractivity contribution in [1.82, 2.24) is 15.0 Å². The van der Waals surface area contributed by atoms with Gasteiger partial charge in [0, 0.05) is 17.6 Å². The van der Waals surface area contributed by atoms with Crippen molar-refractivity contribution in [3.63, 3.8) is 0 Å². The van der Waals surface area contributed by atoms with Gasteiger partial charge in [-0.3, -0.25) is 4.98 Å². The Labute approximate surface area is 150 Å². The minimum atomic E-state index is -0.134. The van der Waals surface area contributed by atoms with Gasteiger partial charge in [-0.05, 0) is 55.0 Å². The van der Waals surface area contributed by atoms with Crippen molar-refractivity contribution in [1.29, 1.82) is 0 Å². The molecule has 0 saturated heterocycles. The van der Waals surface area contributed by atoms with Gasteiger partial charge in [-0.15, -0.1) is 0 Å². The highest BCUT2D eigenvalue weighted by molar-refractivity contribution is 5.82. The molecule has 0 fully saturated rings. The van der Waals surface area contributed by atoms with Crippen LogP contribution < -0.4 is 10.1 Å². The molecular formula is C20H16N4O2. The second-order valence-electron chi connectivity index (χ2n) is 5.84. The molecule has 6 heteroatoms. The third kappa shape index (κ3) is 3.39. The van der Waals surface area contributed by atoms with Crippen LogP contribution in [0.1, 0.15) is 5.56 Å². The van der Waals surface area contributed by atoms with Gasteiger partial charge in [0.15, 0.2) is 0 Å². The molecule has 128 valence electrons. The maximum atomic E-state index is 9.99. The Morgan fingerprint density at radius 3 is 2.62 bits per heavy atom. The second-order valence-corrected chi connectivity index (χ2v) is 5.84. The van der Waals surface area contributed by atoms with Gasteiger partial charge in [-0.25, -0.2) is 0 Å². The number of pyridine rings is 1. The lowest BCUT2D eigenvalue weighted by atomic mass is 10.2. The molecule has 2 N–H and O–H groups in total. The molecule has 0 amide bonds. The van der Waals surface area contributed by atoms with E-state index in [0.717, 1.165) is 11.4 Å². The van der Waals surface area contributed by atoms with Crippen LogP contribution in [0.3, 0.4) is 0 Å². The highest BCUT2D eigenvalue weighted by Crippen LogP contribution is 2.27. The minimum absolute atomic E-state index is 0.0717. The highest BCUT2D eigenvalue weighted by atomic mass is 16.5. The first-order valence-electron chi connectivity index (χ1n) is 8.10. The molecule has 0 unspecified atom stereocenters. The average Bonchev–Trinajstić information content (AvgIpc) is 2.64. The SMILES string of the molecule is Cc1cccc(Nc2ccc(Oc3nc(O)c4ccncc4n3)cc2)c1. The highest BCUT2D eigenvalue weighted by Gasteiger charge is 2.08. The number of nitrogens with zero attached hydrogens (tertiary/aromatic N) is 3. The van der Waals surface area contributed by atoms with Crippen molar-refractivity contribution < 1.29 is 9.84 Å². The van der Waals surface area contributed by atoms with Crippen LogP contribution in [0.2, 0.25) is 0 Å². The molecule has 26 heavy (non-hydrogen) atoms. The van der Waals surface area contributed by atoms with Crippen molar-refractivity contribution >= 4 is 22.3 Å². The minimum Gasteiger partial charge on any atom is -0.493 e. The molecular weight excluding hydrogens is 328 g/mol. The summed E-state index contributed by atoms with van der Waals surface area (Å²) in [5, 5.41) is 13.9. The summed E-state index contributed by atoms with van der Waals surface area (Å²) in [6, 6.07) is 17.3. The van der Waals surface area contributed by atoms with E-state index in [0.29, 0.717) is 16.7 Å². The van der Waals surface area contributed by atoms with E-state index in [1.807, 2.05) is 36.4 Å². The number of ether oxygens (including phenoxy) is 1.